The van der Waals surface area contributed by atoms with Gasteiger partial charge in [0.05, 0.1) is 31.4 Å². The molecule has 1 amide bonds. The van der Waals surface area contributed by atoms with E-state index >= 15 is 4.79 Å². The van der Waals surface area contributed by atoms with Crippen LogP contribution in [-0.2, 0) is 16.0 Å². The number of aliphatic carboxylic acids is 1. The van der Waals surface area contributed by atoms with E-state index in [1.54, 1.807) is 93.7 Å². The van der Waals surface area contributed by atoms with Gasteiger partial charge in [0.15, 0.2) is 24.2 Å². The van der Waals surface area contributed by atoms with Crippen molar-refractivity contribution >= 4 is 99.8 Å². The Morgan fingerprint density at radius 1 is 0.660 bits per heavy atom. The number of nitrogens with one attached hydrogen (secondary N) is 1. The molecule has 0 bridgehead atoms. The maximum Gasteiger partial charge on any atom is 0.306 e. The summed E-state index contributed by atoms with van der Waals surface area (Å²) in [7, 11) is 1.40. The summed E-state index contributed by atoms with van der Waals surface area (Å²) in [6.45, 7) is 9.51. The van der Waals surface area contributed by atoms with Crippen molar-refractivity contribution in [2.75, 3.05) is 20.2 Å². The van der Waals surface area contributed by atoms with E-state index < -0.39 is 181 Å². The number of carboxylic acid groups (broad SMARTS) is 1. The fourth-order valence-electron chi connectivity index (χ4n) is 11.4. The summed E-state index contributed by atoms with van der Waals surface area (Å²) in [6.07, 6.45) is -0.317. The Kier molecular flexibility index (Phi) is 29.6. The summed E-state index contributed by atoms with van der Waals surface area (Å²) in [5, 5.41) is 188. The third-order valence-electron chi connectivity index (χ3n) is 17.1. The molecule has 33 nitrogen and oxygen atoms in total. The predicted octanol–water partition coefficient (Wildman–Crippen LogP) is 8.07. The standard InChI is InChI=1S/C73H92N14O19/c1-9-17-41-20-15-30-74-47(41)28-29-53(88)82-56-39(6)77-69(101)57(60(92)38(4)5)84-65(97)49(32-37(2)3)81-71(103)72(104)86-66(98)50(33-44-35-75-48-22-14-13-21-46(44)48)80-70(102)58(61(93)43-24-26-45(106-8)27-25-43)85-67(99)52-23-16-31-87(52)73(105)59(62(94)42-18-11-10-12-19-42)83-54(89)36-76-64(96)51(34-55(90)91)79-63(95)40(7)78-68(56)100/h9-15,17-22,24-30,35,37-40,49-52,56-62,72,75,92-94,104H,16,23,31-34,36H2,1-8H3,(H,76,96)(H,77,101)(H,78,100)(H,79,95)(H,80,102)(H,81,103)(H,82,88)(H,83,89)(H,84,97)(H,85,99)(H,86,98)(H,90,91)/b17-9-,29-28+/t39-,40+,49-,50-,51+,52+,56+,57-,58+,59+,60+,61+,62+,72+/m1/s1. The van der Waals surface area contributed by atoms with Crippen LogP contribution in [0, 0.1) is 11.8 Å². The summed E-state index contributed by atoms with van der Waals surface area (Å²) >= 11 is 0. The molecule has 17 N–H and O–H groups in total. The van der Waals surface area contributed by atoms with Crippen LogP contribution in [0.5, 0.6) is 5.75 Å². The van der Waals surface area contributed by atoms with Crippen LogP contribution in [0.3, 0.4) is 0 Å². The fraction of sp³-hybridized carbons (Fsp3) is 0.425. The molecule has 0 radical (unpaired) electrons. The molecule has 2 aliphatic heterocycles. The number of hydrogen-bond donors (Lipinski definition) is 17. The maximum absolute atomic E-state index is 15.0. The van der Waals surface area contributed by atoms with Gasteiger partial charge in [-0.05, 0) is 104 Å². The maximum atomic E-state index is 15.0. The lowest BCUT2D eigenvalue weighted by molar-refractivity contribution is -0.137. The van der Waals surface area contributed by atoms with Gasteiger partial charge in [0.1, 0.15) is 54.7 Å². The van der Waals surface area contributed by atoms with Gasteiger partial charge in [-0.25, -0.2) is 54.9 Å². The number of amides is 1. The number of aromatic nitrogens is 2. The first-order valence-corrected chi connectivity index (χ1v) is 34.0. The summed E-state index contributed by atoms with van der Waals surface area (Å²) in [5.41, 5.74) is 2.26. The molecule has 1 fully saturated rings. The van der Waals surface area contributed by atoms with Gasteiger partial charge in [0.2, 0.25) is 71.1 Å². The van der Waals surface area contributed by atoms with Crippen molar-refractivity contribution in [3.63, 3.8) is 0 Å². The van der Waals surface area contributed by atoms with E-state index in [4.69, 9.17) is 4.74 Å². The van der Waals surface area contributed by atoms with Crippen molar-refractivity contribution in [1.29, 1.82) is 0 Å². The van der Waals surface area contributed by atoms with E-state index in [-0.39, 0.29) is 49.3 Å². The SMILES string of the molecule is C/C=C\c1cccnc1/C=C/C(O)=N[C@@H]1C(O)=N[C@@H](C)C(O)=N[C@@H](CC(=O)O)C(O)=NCC(O)=N[C@@H]([C@@H](O)c2ccccc2)C(=O)N2CCC[C@H]2C(O)=N[C@@H]([C@@H](O)c2ccc(OC)cc2)C(O)=N[C@H](Cc2c[nH]c3ccccc23)C(O)=N[C@@H](O)C(O)=N[C@H](CC(C)C)C(O)=N[C@H]([C@@H](O)C(C)C)C(O)=N[C@@H]1C. The predicted molar refractivity (Wildman–Crippen MR) is 404 cm³/mol. The second kappa shape index (κ2) is 38.4. The zero-order valence-corrected chi connectivity index (χ0v) is 59.5. The van der Waals surface area contributed by atoms with Crippen LogP contribution >= 0.6 is 0 Å². The minimum absolute atomic E-state index is 0.0348. The number of ether oxygens (including phenoxy) is 1. The third-order valence-corrected chi connectivity index (χ3v) is 17.1. The van der Waals surface area contributed by atoms with Gasteiger partial charge in [-0.2, -0.15) is 0 Å². The second-order valence-corrected chi connectivity index (χ2v) is 25.8. The molecule has 4 heterocycles. The highest BCUT2D eigenvalue weighted by atomic mass is 16.5. The van der Waals surface area contributed by atoms with E-state index in [1.807, 2.05) is 0 Å². The highest BCUT2D eigenvalue weighted by molar-refractivity contribution is 5.98. The Morgan fingerprint density at radius 3 is 1.96 bits per heavy atom. The largest absolute Gasteiger partial charge is 0.497 e. The van der Waals surface area contributed by atoms with Crippen molar-refractivity contribution in [2.24, 2.45) is 66.8 Å². The van der Waals surface area contributed by atoms with Crippen LogP contribution in [0.2, 0.25) is 0 Å². The molecule has 0 aliphatic carbocycles. The molecule has 106 heavy (non-hydrogen) atoms. The number of aliphatic imine (C=N–C) groups is 11. The zero-order chi connectivity index (χ0) is 77.6. The number of hydrogen-bond acceptors (Lipinski definition) is 19. The summed E-state index contributed by atoms with van der Waals surface area (Å²) in [5.74, 6) is -14.7. The first-order valence-electron chi connectivity index (χ1n) is 34.0. The number of pyridine rings is 1. The molecule has 14 atom stereocenters. The first kappa shape index (κ1) is 81.9. The fourth-order valence-corrected chi connectivity index (χ4v) is 11.4. The van der Waals surface area contributed by atoms with E-state index in [2.05, 4.69) is 64.9 Å². The van der Waals surface area contributed by atoms with Crippen LogP contribution < -0.4 is 4.74 Å². The topological polar surface area (TPSA) is 535 Å². The molecule has 7 rings (SSSR count). The van der Waals surface area contributed by atoms with Gasteiger partial charge in [0, 0.05) is 42.3 Å². The number of aliphatic hydroxyl groups excluding tert-OH is 15. The van der Waals surface area contributed by atoms with Crippen LogP contribution in [0.25, 0.3) is 23.1 Å². The van der Waals surface area contributed by atoms with Gasteiger partial charge in [0.25, 0.3) is 5.91 Å². The minimum Gasteiger partial charge on any atom is -0.497 e. The molecule has 2 aromatic heterocycles. The molecule has 2 aliphatic rings. The lowest BCUT2D eigenvalue weighted by Crippen LogP contribution is -2.47. The van der Waals surface area contributed by atoms with Gasteiger partial charge < -0.3 is 96.3 Å². The highest BCUT2D eigenvalue weighted by Gasteiger charge is 2.42. The molecular weight excluding hydrogens is 1380 g/mol. The van der Waals surface area contributed by atoms with E-state index in [0.717, 1.165) is 17.9 Å². The third kappa shape index (κ3) is 22.3. The van der Waals surface area contributed by atoms with E-state index in [9.17, 15) is 86.5 Å². The zero-order valence-electron chi connectivity index (χ0n) is 59.5. The van der Waals surface area contributed by atoms with Crippen molar-refractivity contribution in [1.82, 2.24) is 14.9 Å². The van der Waals surface area contributed by atoms with Crippen LogP contribution in [-0.4, -0.2) is 266 Å². The number of carbonyl (C=O) groups excluding carboxylic acids is 1. The summed E-state index contributed by atoms with van der Waals surface area (Å²) in [6, 6.07) is 6.10. The van der Waals surface area contributed by atoms with Crippen molar-refractivity contribution < 1.29 is 96.0 Å². The molecule has 0 saturated carbocycles. The van der Waals surface area contributed by atoms with E-state index in [1.165, 1.54) is 76.6 Å². The molecule has 1 saturated heterocycles. The van der Waals surface area contributed by atoms with Gasteiger partial charge in [-0.1, -0.05) is 107 Å². The normalized spacial score (nSPS) is 24.8. The van der Waals surface area contributed by atoms with Crippen molar-refractivity contribution in [3.05, 3.63) is 143 Å². The number of H-pyrrole nitrogens is 1. The molecule has 3 aromatic carbocycles. The number of aromatic amines is 1. The van der Waals surface area contributed by atoms with Gasteiger partial charge >= 0.3 is 5.97 Å². The minimum atomic E-state index is -2.48. The Balaban J connectivity index is 1.45. The molecule has 5 aromatic rings. The Labute approximate surface area is 610 Å². The lowest BCUT2D eigenvalue weighted by atomic mass is 9.99. The average molecular weight is 1470 g/mol. The molecule has 33 heteroatoms. The number of allylic oxidation sites excluding steroid dienone is 1. The van der Waals surface area contributed by atoms with Crippen molar-refractivity contribution in [2.45, 2.75) is 166 Å². The van der Waals surface area contributed by atoms with Crippen LogP contribution in [0.1, 0.15) is 114 Å². The molecular formula is C73H92N14O19. The smallest absolute Gasteiger partial charge is 0.306 e. The average Bonchev–Trinajstić information content (AvgIpc) is 1.83. The highest BCUT2D eigenvalue weighted by Crippen LogP contribution is 2.30. The number of rotatable bonds is 17. The summed E-state index contributed by atoms with van der Waals surface area (Å²) < 4.78 is 5.32. The quantitative estimate of drug-likeness (QED) is 0.0309. The molecule has 568 valence electrons. The number of carbonyl (C=O) groups is 2. The first-order chi connectivity index (χ1) is 50.4. The van der Waals surface area contributed by atoms with Gasteiger partial charge in [-0.15, -0.1) is 0 Å². The molecule has 0 spiro atoms. The van der Waals surface area contributed by atoms with Crippen LogP contribution in [0.4, 0.5) is 0 Å². The van der Waals surface area contributed by atoms with Crippen molar-refractivity contribution in [3.8, 4) is 5.75 Å². The molecule has 0 unspecified atom stereocenters. The number of fused-ring (bicyclic) bond motifs is 2. The van der Waals surface area contributed by atoms with Crippen LogP contribution in [0.15, 0.2) is 170 Å². The Bertz CT molecular complexity index is 4240. The van der Waals surface area contributed by atoms with Gasteiger partial charge in [-0.3, -0.25) is 14.6 Å². The number of nitrogens with zero attached hydrogens (tertiary/aromatic N) is 13. The Morgan fingerprint density at radius 2 is 1.29 bits per heavy atom. The monoisotopic (exact) mass is 1470 g/mol. The number of methoxy groups -OCH3 is 1. The lowest BCUT2D eigenvalue weighted by Gasteiger charge is -2.29. The summed E-state index contributed by atoms with van der Waals surface area (Å²) in [4.78, 5) is 81.5. The number of para-hydroxylation sites is 1. The number of carboxylic acids is 1. The Hall–Kier alpha value is -11.4. The van der Waals surface area contributed by atoms with E-state index in [0.29, 0.717) is 33.5 Å². The number of aliphatic hydroxyl groups is 15. The second-order valence-electron chi connectivity index (χ2n) is 25.8. The number of benzene rings is 3.